The lowest BCUT2D eigenvalue weighted by molar-refractivity contribution is -0.143. The maximum absolute atomic E-state index is 14.6. The van der Waals surface area contributed by atoms with E-state index in [1.165, 1.54) is 4.68 Å². The van der Waals surface area contributed by atoms with Crippen LogP contribution in [0.1, 0.15) is 75.3 Å². The van der Waals surface area contributed by atoms with E-state index in [1.807, 2.05) is 0 Å². The Hall–Kier alpha value is -6.13. The molecule has 0 spiro atoms. The van der Waals surface area contributed by atoms with Crippen LogP contribution in [0.5, 0.6) is 0 Å². The van der Waals surface area contributed by atoms with Crippen LogP contribution in [-0.2, 0) is 46.5 Å². The zero-order valence-corrected chi connectivity index (χ0v) is 36.7. The molecule has 1 aliphatic carbocycles. The molecule has 2 aromatic rings. The quantitative estimate of drug-likeness (QED) is 0.0500. The number of aryl methyl sites for hydroxylation is 1. The van der Waals surface area contributed by atoms with E-state index in [9.17, 15) is 48.9 Å². The van der Waals surface area contributed by atoms with Gasteiger partial charge in [0.1, 0.15) is 30.2 Å². The summed E-state index contributed by atoms with van der Waals surface area (Å²) in [7, 11) is 0. The number of carboxylic acid groups (broad SMARTS) is 1. The summed E-state index contributed by atoms with van der Waals surface area (Å²) in [6.07, 6.45) is 4.19. The molecule has 1 unspecified atom stereocenters. The topological polar surface area (TPSA) is 335 Å². The fraction of sp³-hybridized carbons (Fsp3) is 0.605. The van der Waals surface area contributed by atoms with Crippen molar-refractivity contribution in [2.75, 3.05) is 26.2 Å². The van der Waals surface area contributed by atoms with Gasteiger partial charge in [0.05, 0.1) is 37.5 Å². The fourth-order valence-electron chi connectivity index (χ4n) is 8.50. The van der Waals surface area contributed by atoms with Crippen molar-refractivity contribution in [2.24, 2.45) is 11.7 Å². The highest BCUT2D eigenvalue weighted by Gasteiger charge is 2.43. The molecule has 3 heterocycles. The van der Waals surface area contributed by atoms with E-state index in [-0.39, 0.29) is 76.6 Å². The van der Waals surface area contributed by atoms with Gasteiger partial charge in [-0.1, -0.05) is 30.3 Å². The third kappa shape index (κ3) is 15.5. The van der Waals surface area contributed by atoms with E-state index >= 15 is 0 Å². The number of nitrogens with zero attached hydrogens (tertiary/aromatic N) is 3. The Balaban J connectivity index is 1.48. The average Bonchev–Trinajstić information content (AvgIpc) is 3.88. The van der Waals surface area contributed by atoms with Crippen molar-refractivity contribution in [1.82, 2.24) is 51.9 Å². The summed E-state index contributed by atoms with van der Waals surface area (Å²) >= 11 is 0. The second-order valence-corrected chi connectivity index (χ2v) is 17.2. The zero-order chi connectivity index (χ0) is 47.0. The summed E-state index contributed by atoms with van der Waals surface area (Å²) in [6, 6.07) is 1.52. The van der Waals surface area contributed by atoms with Crippen molar-refractivity contribution in [3.05, 3.63) is 53.9 Å². The van der Waals surface area contributed by atoms with Gasteiger partial charge in [0.2, 0.25) is 35.4 Å². The van der Waals surface area contributed by atoms with Gasteiger partial charge >= 0.3 is 5.97 Å². The Bertz CT molecular complexity index is 1980. The number of carbonyl (C=O) groups excluding carboxylic acids is 6. The first kappa shape index (κ1) is 49.9. The number of hydrogen-bond donors (Lipinski definition) is 12. The SMILES string of the molecule is Cc1cnn(C[C@@H]2NC(=O)[C@@H](C[C@H]3CC[C@@H](O)CC3)NC(=O)[C@@H]3C[C@@H](O)CN3C(=O)[C@@H](NC(=O)C(Cc3ccccc3)NCC(=O)O)CCCNC(=O)[C@H](CCCNC(=N)N)NC2=O)c1. The average molecular weight is 909 g/mol. The molecule has 2 aliphatic heterocycles. The van der Waals surface area contributed by atoms with E-state index < -0.39 is 96.4 Å². The van der Waals surface area contributed by atoms with Gasteiger partial charge in [-0.2, -0.15) is 5.10 Å². The molecule has 6 amide bonds. The van der Waals surface area contributed by atoms with Crippen molar-refractivity contribution in [3.8, 4) is 0 Å². The van der Waals surface area contributed by atoms with Crippen LogP contribution in [0, 0.1) is 18.3 Å². The highest BCUT2D eigenvalue weighted by molar-refractivity contribution is 5.97. The van der Waals surface area contributed by atoms with Crippen LogP contribution in [0.3, 0.4) is 0 Å². The number of aromatic nitrogens is 2. The molecule has 356 valence electrons. The number of benzene rings is 1. The number of aliphatic hydroxyl groups excluding tert-OH is 2. The van der Waals surface area contributed by atoms with Gasteiger partial charge in [-0.05, 0) is 88.2 Å². The molecular formula is C43H64N12O10. The monoisotopic (exact) mass is 908 g/mol. The third-order valence-corrected chi connectivity index (χ3v) is 11.9. The maximum atomic E-state index is 14.6. The zero-order valence-electron chi connectivity index (χ0n) is 36.7. The maximum Gasteiger partial charge on any atom is 0.317 e. The molecule has 13 N–H and O–H groups in total. The van der Waals surface area contributed by atoms with Gasteiger partial charge in [-0.15, -0.1) is 0 Å². The normalized spacial score (nSPS) is 26.6. The van der Waals surface area contributed by atoms with Crippen molar-refractivity contribution in [2.45, 2.75) is 133 Å². The second-order valence-electron chi connectivity index (χ2n) is 17.2. The molecule has 0 radical (unpaired) electrons. The summed E-state index contributed by atoms with van der Waals surface area (Å²) in [5, 5.41) is 61.7. The number of nitrogens with two attached hydrogens (primary N) is 1. The van der Waals surface area contributed by atoms with Crippen molar-refractivity contribution >= 4 is 47.4 Å². The largest absolute Gasteiger partial charge is 0.480 e. The third-order valence-electron chi connectivity index (χ3n) is 11.9. The lowest BCUT2D eigenvalue weighted by atomic mass is 9.83. The molecule has 5 rings (SSSR count). The van der Waals surface area contributed by atoms with E-state index in [2.05, 4.69) is 42.3 Å². The number of fused-ring (bicyclic) bond motifs is 1. The Morgan fingerprint density at radius 1 is 0.923 bits per heavy atom. The Labute approximate surface area is 377 Å². The van der Waals surface area contributed by atoms with Gasteiger partial charge < -0.3 is 57.9 Å². The smallest absolute Gasteiger partial charge is 0.317 e. The fourth-order valence-corrected chi connectivity index (χ4v) is 8.50. The Morgan fingerprint density at radius 3 is 2.29 bits per heavy atom. The minimum absolute atomic E-state index is 0.0274. The first-order valence-electron chi connectivity index (χ1n) is 22.3. The first-order chi connectivity index (χ1) is 31.1. The van der Waals surface area contributed by atoms with Crippen LogP contribution in [0.2, 0.25) is 0 Å². The standard InChI is InChI=1S/C43H64N12O10/c1-25-20-49-54(22-25)24-34-40(63)50-30(9-5-16-47-43(44)45)37(60)46-15-6-10-31(51-38(61)32(48-21-36(58)59)17-26-7-3-2-4-8-26)42(65)55-23-29(57)19-35(55)41(64)52-33(39(62)53-34)18-27-11-13-28(56)14-12-27/h2-4,7-8,20,22,27-35,48,56-57H,5-6,9-19,21,23-24H2,1H3,(H,46,60)(H,50,63)(H,51,61)(H,52,64)(H,53,62)(H,58,59)(H4,44,45,47)/t27-,28+,29-,30+,31+,32?,33-,34+,35+/m1/s1. The highest BCUT2D eigenvalue weighted by Crippen LogP contribution is 2.29. The van der Waals surface area contributed by atoms with E-state index in [1.54, 1.807) is 49.6 Å². The van der Waals surface area contributed by atoms with Crippen LogP contribution in [0.4, 0.5) is 0 Å². The van der Waals surface area contributed by atoms with E-state index in [0.29, 0.717) is 37.7 Å². The number of carboxylic acids is 1. The van der Waals surface area contributed by atoms with Gasteiger partial charge in [-0.25, -0.2) is 0 Å². The predicted molar refractivity (Wildman–Crippen MR) is 234 cm³/mol. The molecule has 22 heteroatoms. The summed E-state index contributed by atoms with van der Waals surface area (Å²) in [4.78, 5) is 98.1. The molecule has 3 aliphatic rings. The number of aliphatic carboxylic acids is 1. The van der Waals surface area contributed by atoms with Crippen LogP contribution in [0.15, 0.2) is 42.7 Å². The minimum atomic E-state index is -1.31. The number of carbonyl (C=O) groups is 7. The molecule has 3 fully saturated rings. The number of hydrogen-bond acceptors (Lipinski definition) is 12. The Morgan fingerprint density at radius 2 is 1.62 bits per heavy atom. The van der Waals surface area contributed by atoms with Crippen LogP contribution in [-0.4, -0.2) is 152 Å². The molecule has 1 saturated carbocycles. The number of guanidine groups is 1. The van der Waals surface area contributed by atoms with Crippen LogP contribution >= 0.6 is 0 Å². The van der Waals surface area contributed by atoms with Crippen LogP contribution in [0.25, 0.3) is 0 Å². The molecule has 7 atom stereocenters. The van der Waals surface area contributed by atoms with Crippen molar-refractivity contribution in [3.63, 3.8) is 0 Å². The first-order valence-corrected chi connectivity index (χ1v) is 22.3. The minimum Gasteiger partial charge on any atom is -0.480 e. The molecule has 0 bridgehead atoms. The number of aliphatic hydroxyl groups is 2. The number of rotatable bonds is 15. The second kappa shape index (κ2) is 24.2. The molecule has 2 saturated heterocycles. The predicted octanol–water partition coefficient (Wildman–Crippen LogP) is -2.51. The van der Waals surface area contributed by atoms with E-state index in [0.717, 1.165) is 10.5 Å². The molecular weight excluding hydrogens is 845 g/mol. The van der Waals surface area contributed by atoms with Gasteiger partial charge in [0.15, 0.2) is 5.96 Å². The number of nitrogens with one attached hydrogen (secondary N) is 8. The van der Waals surface area contributed by atoms with Crippen molar-refractivity contribution in [1.29, 1.82) is 5.41 Å². The summed E-state index contributed by atoms with van der Waals surface area (Å²) in [5.41, 5.74) is 6.96. The summed E-state index contributed by atoms with van der Waals surface area (Å²) < 4.78 is 1.47. The summed E-state index contributed by atoms with van der Waals surface area (Å²) in [6.45, 7) is 1.03. The molecule has 22 nitrogen and oxygen atoms in total. The van der Waals surface area contributed by atoms with Crippen LogP contribution < -0.4 is 43.0 Å². The van der Waals surface area contributed by atoms with Gasteiger partial charge in [0, 0.05) is 32.3 Å². The summed E-state index contributed by atoms with van der Waals surface area (Å²) in [5.74, 6) is -5.74. The van der Waals surface area contributed by atoms with Gasteiger partial charge in [-0.3, -0.25) is 49.0 Å². The van der Waals surface area contributed by atoms with Gasteiger partial charge in [0.25, 0.3) is 0 Å². The highest BCUT2D eigenvalue weighted by atomic mass is 16.4. The van der Waals surface area contributed by atoms with E-state index in [4.69, 9.17) is 11.1 Å². The molecule has 1 aromatic heterocycles. The molecule has 1 aromatic carbocycles. The lowest BCUT2D eigenvalue weighted by Crippen LogP contribution is -2.60. The molecule has 65 heavy (non-hydrogen) atoms. The number of amides is 6. The lowest BCUT2D eigenvalue weighted by Gasteiger charge is -2.32. The van der Waals surface area contributed by atoms with Crippen molar-refractivity contribution < 1.29 is 48.9 Å². The Kier molecular flexibility index (Phi) is 18.6.